The summed E-state index contributed by atoms with van der Waals surface area (Å²) >= 11 is 0. The van der Waals surface area contributed by atoms with E-state index in [4.69, 9.17) is 10.6 Å². The van der Waals surface area contributed by atoms with Crippen LogP contribution in [0.15, 0.2) is 39.6 Å². The maximum atomic E-state index is 12.9. The molecular formula is C21H29N7O4. The van der Waals surface area contributed by atoms with Gasteiger partial charge in [-0.05, 0) is 56.6 Å². The number of rotatable bonds is 6. The van der Waals surface area contributed by atoms with Gasteiger partial charge in [0.15, 0.2) is 5.78 Å². The van der Waals surface area contributed by atoms with Crippen LogP contribution in [0.2, 0.25) is 0 Å². The van der Waals surface area contributed by atoms with Crippen LogP contribution in [0.5, 0.6) is 5.75 Å². The molecule has 3 N–H and O–H groups in total. The van der Waals surface area contributed by atoms with Crippen LogP contribution in [0.3, 0.4) is 0 Å². The molecule has 0 radical (unpaired) electrons. The smallest absolute Gasteiger partial charge is 0.246 e. The lowest BCUT2D eigenvalue weighted by molar-refractivity contribution is -0.136. The Morgan fingerprint density at radius 3 is 2.44 bits per heavy atom. The largest absolute Gasteiger partial charge is 0.497 e. The van der Waals surface area contributed by atoms with Gasteiger partial charge in [0.05, 0.1) is 19.7 Å². The van der Waals surface area contributed by atoms with Crippen LogP contribution in [0.25, 0.3) is 0 Å². The number of carbonyl (C=O) groups excluding carboxylic acids is 3. The molecule has 2 aliphatic rings. The van der Waals surface area contributed by atoms with Crippen molar-refractivity contribution < 1.29 is 19.1 Å². The molecule has 1 aromatic carbocycles. The standard InChI is InChI=1S/C21H29N7O4/c1-23-21(25-26-22)24-18(29)13-28-12-9-17(20(28)31)27-10-7-15(8-11-27)19(30)14-3-5-16(32-2)6-4-14/h3-6,15,17H,7-13H2,1-2H3,(H3,22,23,24,25,29). The topological polar surface area (TPSA) is 142 Å². The first-order valence-corrected chi connectivity index (χ1v) is 10.6. The summed E-state index contributed by atoms with van der Waals surface area (Å²) in [6, 6.07) is 6.90. The number of amides is 2. The molecule has 0 bridgehead atoms. The van der Waals surface area contributed by atoms with Gasteiger partial charge in [0.1, 0.15) is 5.75 Å². The first-order valence-electron chi connectivity index (χ1n) is 10.6. The molecule has 11 heteroatoms. The number of Topliss-reactive ketones (excluding diaryl/α,β-unsaturated/α-hetero) is 1. The van der Waals surface area contributed by atoms with Crippen LogP contribution >= 0.6 is 0 Å². The number of ether oxygens (including phenoxy) is 1. The predicted molar refractivity (Wildman–Crippen MR) is 117 cm³/mol. The molecule has 11 nitrogen and oxygen atoms in total. The van der Waals surface area contributed by atoms with Crippen LogP contribution in [-0.4, -0.2) is 79.7 Å². The van der Waals surface area contributed by atoms with Crippen LogP contribution in [0, 0.1) is 5.92 Å². The SMILES string of the molecule is CN=C(N=NN)NC(=O)CN1CCC(N2CCC(C(=O)c3ccc(OC)cc3)CC2)C1=O. The molecule has 0 saturated carbocycles. The molecule has 2 fully saturated rings. The van der Waals surface area contributed by atoms with E-state index >= 15 is 0 Å². The Bertz CT molecular complexity index is 892. The van der Waals surface area contributed by atoms with Gasteiger partial charge in [-0.25, -0.2) is 0 Å². The lowest BCUT2D eigenvalue weighted by atomic mass is 9.88. The van der Waals surface area contributed by atoms with Gasteiger partial charge in [-0.2, -0.15) is 0 Å². The molecular weight excluding hydrogens is 414 g/mol. The Hall–Kier alpha value is -3.34. The zero-order chi connectivity index (χ0) is 23.1. The van der Waals surface area contributed by atoms with Crippen molar-refractivity contribution >= 4 is 23.6 Å². The quantitative estimate of drug-likeness (QED) is 0.165. The van der Waals surface area contributed by atoms with E-state index in [2.05, 4.69) is 25.5 Å². The Balaban J connectivity index is 1.50. The number of likely N-dealkylation sites (tertiary alicyclic amines) is 2. The minimum atomic E-state index is -0.407. The van der Waals surface area contributed by atoms with Crippen molar-refractivity contribution in [3.8, 4) is 5.75 Å². The summed E-state index contributed by atoms with van der Waals surface area (Å²) < 4.78 is 5.14. The van der Waals surface area contributed by atoms with Gasteiger partial charge in [-0.15, -0.1) is 0 Å². The van der Waals surface area contributed by atoms with E-state index in [9.17, 15) is 14.4 Å². The molecule has 0 aliphatic carbocycles. The molecule has 1 unspecified atom stereocenters. The number of nitrogens with one attached hydrogen (secondary N) is 1. The zero-order valence-electron chi connectivity index (χ0n) is 18.4. The van der Waals surface area contributed by atoms with Gasteiger partial charge in [0.25, 0.3) is 0 Å². The van der Waals surface area contributed by atoms with E-state index in [0.29, 0.717) is 44.5 Å². The summed E-state index contributed by atoms with van der Waals surface area (Å²) in [6.45, 7) is 1.76. The van der Waals surface area contributed by atoms with Crippen LogP contribution in [0.4, 0.5) is 0 Å². The Morgan fingerprint density at radius 2 is 1.84 bits per heavy atom. The normalized spacial score (nSPS) is 20.7. The molecule has 2 aliphatic heterocycles. The average Bonchev–Trinajstić information content (AvgIpc) is 3.18. The lowest BCUT2D eigenvalue weighted by Crippen LogP contribution is -2.48. The molecule has 3 rings (SSSR count). The van der Waals surface area contributed by atoms with Gasteiger partial charge in [-0.3, -0.25) is 29.6 Å². The summed E-state index contributed by atoms with van der Waals surface area (Å²) in [7, 11) is 3.04. The fourth-order valence-electron chi connectivity index (χ4n) is 4.20. The van der Waals surface area contributed by atoms with Gasteiger partial charge in [0, 0.05) is 25.1 Å². The van der Waals surface area contributed by atoms with Crippen molar-refractivity contribution in [1.29, 1.82) is 0 Å². The van der Waals surface area contributed by atoms with E-state index in [1.165, 1.54) is 11.9 Å². The van der Waals surface area contributed by atoms with Crippen molar-refractivity contribution in [2.24, 2.45) is 27.1 Å². The summed E-state index contributed by atoms with van der Waals surface area (Å²) in [4.78, 5) is 45.2. The number of guanidine groups is 1. The van der Waals surface area contributed by atoms with Crippen molar-refractivity contribution in [1.82, 2.24) is 15.1 Å². The average molecular weight is 444 g/mol. The fourth-order valence-corrected chi connectivity index (χ4v) is 4.20. The first-order chi connectivity index (χ1) is 15.5. The predicted octanol–water partition coefficient (Wildman–Crippen LogP) is 0.619. The van der Waals surface area contributed by atoms with E-state index in [1.807, 2.05) is 0 Å². The Labute approximate surface area is 186 Å². The highest BCUT2D eigenvalue weighted by molar-refractivity contribution is 6.00. The van der Waals surface area contributed by atoms with Crippen molar-refractivity contribution in [2.45, 2.75) is 25.3 Å². The first kappa shape index (κ1) is 23.3. The summed E-state index contributed by atoms with van der Waals surface area (Å²) in [5.74, 6) is 5.28. The number of ketones is 1. The van der Waals surface area contributed by atoms with E-state index < -0.39 is 5.91 Å². The minimum absolute atomic E-state index is 0.00991. The third kappa shape index (κ3) is 5.47. The molecule has 0 spiro atoms. The number of nitrogens with two attached hydrogens (primary N) is 1. The van der Waals surface area contributed by atoms with Crippen LogP contribution in [0.1, 0.15) is 29.6 Å². The van der Waals surface area contributed by atoms with Gasteiger partial charge < -0.3 is 15.5 Å². The third-order valence-electron chi connectivity index (χ3n) is 5.93. The Morgan fingerprint density at radius 1 is 1.16 bits per heavy atom. The van der Waals surface area contributed by atoms with E-state index in [0.717, 1.165) is 5.75 Å². The Kier molecular flexibility index (Phi) is 7.87. The number of carbonyl (C=O) groups is 3. The van der Waals surface area contributed by atoms with Crippen LogP contribution < -0.4 is 15.9 Å². The molecule has 1 aromatic rings. The maximum Gasteiger partial charge on any atom is 0.246 e. The molecule has 0 aromatic heterocycles. The van der Waals surface area contributed by atoms with E-state index in [1.54, 1.807) is 31.4 Å². The molecule has 2 saturated heterocycles. The number of nitrogens with zero attached hydrogens (tertiary/aromatic N) is 5. The zero-order valence-corrected chi connectivity index (χ0v) is 18.4. The van der Waals surface area contributed by atoms with E-state index in [-0.39, 0.29) is 36.2 Å². The second-order valence-electron chi connectivity index (χ2n) is 7.78. The number of benzene rings is 1. The van der Waals surface area contributed by atoms with Crippen molar-refractivity contribution in [3.63, 3.8) is 0 Å². The van der Waals surface area contributed by atoms with Crippen molar-refractivity contribution in [2.75, 3.05) is 40.3 Å². The second kappa shape index (κ2) is 10.8. The highest BCUT2D eigenvalue weighted by Gasteiger charge is 2.39. The fraction of sp³-hybridized carbons (Fsp3) is 0.524. The minimum Gasteiger partial charge on any atom is -0.497 e. The number of hydrogen-bond donors (Lipinski definition) is 2. The molecule has 2 amide bonds. The lowest BCUT2D eigenvalue weighted by Gasteiger charge is -2.34. The van der Waals surface area contributed by atoms with Crippen molar-refractivity contribution in [3.05, 3.63) is 29.8 Å². The van der Waals surface area contributed by atoms with Gasteiger partial charge in [0.2, 0.25) is 17.8 Å². The summed E-state index contributed by atoms with van der Waals surface area (Å²) in [5.41, 5.74) is 0.683. The second-order valence-corrected chi connectivity index (χ2v) is 7.78. The molecule has 2 heterocycles. The number of aliphatic imine (C=N–C) groups is 1. The number of piperidine rings is 1. The summed E-state index contributed by atoms with van der Waals surface area (Å²) in [5, 5.41) is 9.05. The van der Waals surface area contributed by atoms with Crippen LogP contribution in [-0.2, 0) is 9.59 Å². The summed E-state index contributed by atoms with van der Waals surface area (Å²) in [6.07, 6.45) is 2.06. The molecule has 172 valence electrons. The molecule has 32 heavy (non-hydrogen) atoms. The monoisotopic (exact) mass is 443 g/mol. The number of hydrogen-bond acceptors (Lipinski definition) is 7. The number of methoxy groups -OCH3 is 1. The maximum absolute atomic E-state index is 12.9. The highest BCUT2D eigenvalue weighted by Crippen LogP contribution is 2.27. The molecule has 1 atom stereocenters. The van der Waals surface area contributed by atoms with Gasteiger partial charge in [-0.1, -0.05) is 10.3 Å². The highest BCUT2D eigenvalue weighted by atomic mass is 16.5. The van der Waals surface area contributed by atoms with Gasteiger partial charge >= 0.3 is 0 Å². The third-order valence-corrected chi connectivity index (χ3v) is 5.93.